The van der Waals surface area contributed by atoms with E-state index >= 15 is 0 Å². The van der Waals surface area contributed by atoms with E-state index in [1.54, 1.807) is 0 Å². The van der Waals surface area contributed by atoms with Crippen molar-refractivity contribution < 1.29 is 25.8 Å². The standard InChI is InChI=1S/C9H11.2CH3Cl.Hf/c1-2-5-9-7-3-6-8(9)4-1;2*1-2;/h1-2,4-6,8-9H,3,7H2;2*1H3;/q-1;;;. The molecule has 0 amide bonds. The Labute approximate surface area is 117 Å². The van der Waals surface area contributed by atoms with Crippen molar-refractivity contribution in [3.63, 3.8) is 0 Å². The van der Waals surface area contributed by atoms with E-state index in [1.807, 2.05) is 0 Å². The first kappa shape index (κ1) is 17.3. The molecule has 0 radical (unpaired) electrons. The molecule has 0 nitrogen and oxygen atoms in total. The van der Waals surface area contributed by atoms with Crippen LogP contribution in [0.25, 0.3) is 0 Å². The average molecular weight is 399 g/mol. The second kappa shape index (κ2) is 12.0. The minimum atomic E-state index is 0. The third-order valence-electron chi connectivity index (χ3n) is 2.24. The average Bonchev–Trinajstić information content (AvgIpc) is 2.71. The van der Waals surface area contributed by atoms with Gasteiger partial charge >= 0.3 is 0 Å². The molecule has 1 saturated carbocycles. The minimum absolute atomic E-state index is 0. The zero-order valence-corrected chi connectivity index (χ0v) is 13.8. The van der Waals surface area contributed by atoms with E-state index in [-0.39, 0.29) is 25.8 Å². The number of rotatable bonds is 0. The van der Waals surface area contributed by atoms with E-state index in [9.17, 15) is 0 Å². The van der Waals surface area contributed by atoms with Gasteiger partial charge in [0.1, 0.15) is 0 Å². The SMILES string of the molecule is C1=CC2[CH-]CCC2C=C1.CCl.CCl.[Hf]. The molecule has 0 aromatic rings. The van der Waals surface area contributed by atoms with Crippen molar-refractivity contribution in [1.29, 1.82) is 0 Å². The van der Waals surface area contributed by atoms with Gasteiger partial charge in [0, 0.05) is 38.6 Å². The fourth-order valence-corrected chi connectivity index (χ4v) is 1.69. The van der Waals surface area contributed by atoms with Gasteiger partial charge in [0.2, 0.25) is 0 Å². The van der Waals surface area contributed by atoms with Crippen molar-refractivity contribution in [1.82, 2.24) is 0 Å². The van der Waals surface area contributed by atoms with E-state index in [0.717, 1.165) is 11.8 Å². The number of hydrogen-bond acceptors (Lipinski definition) is 0. The van der Waals surface area contributed by atoms with Crippen molar-refractivity contribution in [2.75, 3.05) is 12.8 Å². The second-order valence-electron chi connectivity index (χ2n) is 2.82. The maximum absolute atomic E-state index is 4.64. The van der Waals surface area contributed by atoms with E-state index in [0.29, 0.717) is 0 Å². The van der Waals surface area contributed by atoms with Crippen molar-refractivity contribution in [3.8, 4) is 0 Å². The zero-order valence-electron chi connectivity index (χ0n) is 8.71. The second-order valence-corrected chi connectivity index (χ2v) is 2.82. The Morgan fingerprint density at radius 1 is 1.07 bits per heavy atom. The Hall–Kier alpha value is 0.930. The topological polar surface area (TPSA) is 0 Å². The maximum atomic E-state index is 4.64. The molecule has 1 fully saturated rings. The predicted molar refractivity (Wildman–Crippen MR) is 62.3 cm³/mol. The Kier molecular flexibility index (Phi) is 14.9. The number of alkyl halides is 2. The first-order chi connectivity index (χ1) is 6.47. The first-order valence-corrected chi connectivity index (χ1v) is 5.92. The molecule has 80 valence electrons. The van der Waals surface area contributed by atoms with Gasteiger partial charge in [-0.2, -0.15) is 6.42 Å². The fraction of sp³-hybridized carbons (Fsp3) is 0.545. The van der Waals surface area contributed by atoms with E-state index in [4.69, 9.17) is 0 Å². The number of hydrogen-bond donors (Lipinski definition) is 0. The quantitative estimate of drug-likeness (QED) is 0.328. The Balaban J connectivity index is 0. The summed E-state index contributed by atoms with van der Waals surface area (Å²) < 4.78 is 0. The molecular weight excluding hydrogens is 382 g/mol. The molecule has 14 heavy (non-hydrogen) atoms. The van der Waals surface area contributed by atoms with Crippen LogP contribution >= 0.6 is 23.2 Å². The summed E-state index contributed by atoms with van der Waals surface area (Å²) in [5.74, 6) is 1.62. The summed E-state index contributed by atoms with van der Waals surface area (Å²) in [7, 11) is 0. The van der Waals surface area contributed by atoms with Gasteiger partial charge in [-0.15, -0.1) is 35.2 Å². The number of allylic oxidation sites excluding steroid dienone is 4. The van der Waals surface area contributed by atoms with Crippen molar-refractivity contribution in [2.45, 2.75) is 12.8 Å². The van der Waals surface area contributed by atoms with Crippen molar-refractivity contribution >= 4 is 23.2 Å². The molecule has 2 aliphatic carbocycles. The Morgan fingerprint density at radius 2 is 1.64 bits per heavy atom. The van der Waals surface area contributed by atoms with Crippen LogP contribution in [-0.4, -0.2) is 12.8 Å². The van der Waals surface area contributed by atoms with Gasteiger partial charge < -0.3 is 6.42 Å². The van der Waals surface area contributed by atoms with Crippen LogP contribution in [0.5, 0.6) is 0 Å². The molecule has 2 rings (SSSR count). The summed E-state index contributed by atoms with van der Waals surface area (Å²) in [5.41, 5.74) is 0. The third kappa shape index (κ3) is 5.72. The molecule has 3 heteroatoms. The number of fused-ring (bicyclic) bond motifs is 1. The molecule has 0 N–H and O–H groups in total. The van der Waals surface area contributed by atoms with Gasteiger partial charge in [-0.3, -0.25) is 0 Å². The van der Waals surface area contributed by atoms with Crippen LogP contribution in [0.2, 0.25) is 0 Å². The van der Waals surface area contributed by atoms with Crippen molar-refractivity contribution in [3.05, 3.63) is 30.7 Å². The normalized spacial score (nSPS) is 26.0. The molecule has 0 aromatic heterocycles. The minimum Gasteiger partial charge on any atom is -0.321 e. The molecule has 0 bridgehead atoms. The van der Waals surface area contributed by atoms with Crippen molar-refractivity contribution in [2.24, 2.45) is 11.8 Å². The largest absolute Gasteiger partial charge is 0.321 e. The molecule has 2 unspecified atom stereocenters. The molecule has 0 spiro atoms. The van der Waals surface area contributed by atoms with Gasteiger partial charge in [0.25, 0.3) is 0 Å². The smallest absolute Gasteiger partial charge is 0.0108 e. The van der Waals surface area contributed by atoms with Gasteiger partial charge in [-0.1, -0.05) is 24.6 Å². The Bertz CT molecular complexity index is 149. The monoisotopic (exact) mass is 399 g/mol. The molecule has 0 heterocycles. The molecular formula is C11H17Cl2Hf-. The van der Waals surface area contributed by atoms with Crippen LogP contribution in [0.15, 0.2) is 24.3 Å². The molecule has 0 aromatic carbocycles. The summed E-state index contributed by atoms with van der Waals surface area (Å²) in [6.45, 7) is 0. The number of halogens is 2. The summed E-state index contributed by atoms with van der Waals surface area (Å²) in [6.07, 6.45) is 17.0. The zero-order chi connectivity index (χ0) is 10.1. The Morgan fingerprint density at radius 3 is 2.21 bits per heavy atom. The van der Waals surface area contributed by atoms with Crippen LogP contribution in [0, 0.1) is 18.3 Å². The van der Waals surface area contributed by atoms with Crippen LogP contribution in [0.4, 0.5) is 0 Å². The predicted octanol–water partition coefficient (Wildman–Crippen LogP) is 4.05. The fourth-order valence-electron chi connectivity index (χ4n) is 1.69. The summed E-state index contributed by atoms with van der Waals surface area (Å²) in [6, 6.07) is 0. The molecule has 2 aliphatic rings. The van der Waals surface area contributed by atoms with Gasteiger partial charge in [-0.25, -0.2) is 0 Å². The van der Waals surface area contributed by atoms with Crippen LogP contribution in [-0.2, 0) is 25.8 Å². The van der Waals surface area contributed by atoms with Crippen LogP contribution in [0.1, 0.15) is 12.8 Å². The van der Waals surface area contributed by atoms with E-state index in [2.05, 4.69) is 53.9 Å². The molecule has 2 atom stereocenters. The summed E-state index contributed by atoms with van der Waals surface area (Å²) in [5, 5.41) is 0. The van der Waals surface area contributed by atoms with Crippen LogP contribution < -0.4 is 0 Å². The molecule has 0 saturated heterocycles. The van der Waals surface area contributed by atoms with Gasteiger partial charge in [0.15, 0.2) is 0 Å². The van der Waals surface area contributed by atoms with E-state index in [1.165, 1.54) is 25.6 Å². The first-order valence-electron chi connectivity index (χ1n) is 4.41. The van der Waals surface area contributed by atoms with Crippen LogP contribution in [0.3, 0.4) is 0 Å². The summed E-state index contributed by atoms with van der Waals surface area (Å²) >= 11 is 9.28. The van der Waals surface area contributed by atoms with E-state index < -0.39 is 0 Å². The molecule has 0 aliphatic heterocycles. The van der Waals surface area contributed by atoms with Gasteiger partial charge in [-0.05, 0) is 5.92 Å². The summed E-state index contributed by atoms with van der Waals surface area (Å²) in [4.78, 5) is 0. The third-order valence-corrected chi connectivity index (χ3v) is 2.24. The van der Waals surface area contributed by atoms with Gasteiger partial charge in [0.05, 0.1) is 0 Å². The maximum Gasteiger partial charge on any atom is 0.0108 e.